The standard InChI is InChI=1S/C20H27N3O5S/c1-10(2)7-8-21-20-23-14(9-29-20)18(25)28-13(5)17(24)16-11(3)15(12(4)22-16)19(26)27-6/h9-10,13,22H,7-8H2,1-6H3,(H,21,23)/t13-/m1/s1. The Morgan fingerprint density at radius 2 is 1.90 bits per heavy atom. The summed E-state index contributed by atoms with van der Waals surface area (Å²) in [6.45, 7) is 9.84. The number of hydrogen-bond donors (Lipinski definition) is 2. The molecule has 29 heavy (non-hydrogen) atoms. The maximum absolute atomic E-state index is 12.7. The summed E-state index contributed by atoms with van der Waals surface area (Å²) in [6.07, 6.45) is -0.0447. The molecule has 0 unspecified atom stereocenters. The molecule has 0 radical (unpaired) electrons. The van der Waals surface area contributed by atoms with Crippen LogP contribution in [-0.2, 0) is 9.47 Å². The van der Waals surface area contributed by atoms with E-state index in [-0.39, 0.29) is 11.4 Å². The summed E-state index contributed by atoms with van der Waals surface area (Å²) in [5.74, 6) is -1.06. The van der Waals surface area contributed by atoms with Crippen LogP contribution in [0.1, 0.15) is 69.8 Å². The smallest absolute Gasteiger partial charge is 0.358 e. The number of aromatic amines is 1. The van der Waals surface area contributed by atoms with Crippen molar-refractivity contribution in [1.29, 1.82) is 0 Å². The third-order valence-electron chi connectivity index (χ3n) is 4.44. The molecule has 0 aliphatic carbocycles. The average molecular weight is 422 g/mol. The van der Waals surface area contributed by atoms with Gasteiger partial charge in [-0.3, -0.25) is 4.79 Å². The number of H-pyrrole nitrogens is 1. The maximum Gasteiger partial charge on any atom is 0.358 e. The van der Waals surface area contributed by atoms with E-state index in [2.05, 4.69) is 29.1 Å². The number of ketones is 1. The monoisotopic (exact) mass is 421 g/mol. The molecule has 9 heteroatoms. The van der Waals surface area contributed by atoms with Gasteiger partial charge in [0, 0.05) is 17.6 Å². The molecule has 0 fully saturated rings. The Kier molecular flexibility index (Phi) is 7.55. The van der Waals surface area contributed by atoms with Gasteiger partial charge >= 0.3 is 11.9 Å². The van der Waals surface area contributed by atoms with Gasteiger partial charge in [-0.05, 0) is 38.7 Å². The molecule has 158 valence electrons. The van der Waals surface area contributed by atoms with Gasteiger partial charge in [-0.15, -0.1) is 11.3 Å². The van der Waals surface area contributed by atoms with Gasteiger partial charge in [-0.1, -0.05) is 13.8 Å². The van der Waals surface area contributed by atoms with Crippen molar-refractivity contribution in [2.45, 2.75) is 47.1 Å². The van der Waals surface area contributed by atoms with Gasteiger partial charge in [0.1, 0.15) is 0 Å². The minimum Gasteiger partial charge on any atom is -0.465 e. The second-order valence-corrected chi connectivity index (χ2v) is 8.03. The molecule has 1 atom stereocenters. The van der Waals surface area contributed by atoms with Crippen molar-refractivity contribution < 1.29 is 23.9 Å². The molecule has 2 aromatic heterocycles. The van der Waals surface area contributed by atoms with E-state index >= 15 is 0 Å². The van der Waals surface area contributed by atoms with Gasteiger partial charge in [-0.25, -0.2) is 14.6 Å². The molecule has 0 aliphatic heterocycles. The number of Topliss-reactive ketones (excluding diaryl/α,β-unsaturated/α-hetero) is 1. The first-order valence-corrected chi connectivity index (χ1v) is 10.3. The van der Waals surface area contributed by atoms with Crippen molar-refractivity contribution in [2.24, 2.45) is 5.92 Å². The zero-order chi connectivity index (χ0) is 21.7. The summed E-state index contributed by atoms with van der Waals surface area (Å²) in [7, 11) is 1.28. The summed E-state index contributed by atoms with van der Waals surface area (Å²) in [5, 5.41) is 5.40. The summed E-state index contributed by atoms with van der Waals surface area (Å²) in [6, 6.07) is 0. The van der Waals surface area contributed by atoms with E-state index in [1.807, 2.05) is 0 Å². The van der Waals surface area contributed by atoms with Crippen LogP contribution in [0.4, 0.5) is 5.13 Å². The third-order valence-corrected chi connectivity index (χ3v) is 5.24. The normalized spacial score (nSPS) is 12.0. The number of aromatic nitrogens is 2. The summed E-state index contributed by atoms with van der Waals surface area (Å²) < 4.78 is 10.0. The van der Waals surface area contributed by atoms with Gasteiger partial charge in [-0.2, -0.15) is 0 Å². The first-order valence-electron chi connectivity index (χ1n) is 9.37. The number of esters is 2. The minimum absolute atomic E-state index is 0.149. The number of rotatable bonds is 9. The molecule has 2 N–H and O–H groups in total. The number of methoxy groups -OCH3 is 1. The zero-order valence-corrected chi connectivity index (χ0v) is 18.4. The molecule has 2 heterocycles. The highest BCUT2D eigenvalue weighted by atomic mass is 32.1. The fourth-order valence-corrected chi connectivity index (χ4v) is 3.51. The fourth-order valence-electron chi connectivity index (χ4n) is 2.80. The number of nitrogens with zero attached hydrogens (tertiary/aromatic N) is 1. The third kappa shape index (κ3) is 5.44. The van der Waals surface area contributed by atoms with Crippen LogP contribution in [0, 0.1) is 19.8 Å². The van der Waals surface area contributed by atoms with Crippen LogP contribution in [0.25, 0.3) is 0 Å². The zero-order valence-electron chi connectivity index (χ0n) is 17.5. The molecule has 0 saturated heterocycles. The van der Waals surface area contributed by atoms with Crippen molar-refractivity contribution >= 4 is 34.2 Å². The second-order valence-electron chi connectivity index (χ2n) is 7.18. The van der Waals surface area contributed by atoms with Crippen LogP contribution in [-0.4, -0.2) is 47.4 Å². The van der Waals surface area contributed by atoms with Crippen molar-refractivity contribution in [2.75, 3.05) is 19.0 Å². The maximum atomic E-state index is 12.7. The first kappa shape index (κ1) is 22.6. The minimum atomic E-state index is -1.04. The topological polar surface area (TPSA) is 110 Å². The molecule has 2 aromatic rings. The molecule has 0 aliphatic rings. The molecule has 0 amide bonds. The quantitative estimate of drug-likeness (QED) is 0.468. The Bertz CT molecular complexity index is 900. The molecule has 0 spiro atoms. The lowest BCUT2D eigenvalue weighted by molar-refractivity contribution is 0.0312. The second kappa shape index (κ2) is 9.69. The van der Waals surface area contributed by atoms with E-state index in [0.29, 0.717) is 27.9 Å². The van der Waals surface area contributed by atoms with Gasteiger partial charge in [0.05, 0.1) is 18.4 Å². The number of hydrogen-bond acceptors (Lipinski definition) is 8. The highest BCUT2D eigenvalue weighted by Crippen LogP contribution is 2.22. The summed E-state index contributed by atoms with van der Waals surface area (Å²) in [4.78, 5) is 44.1. The van der Waals surface area contributed by atoms with Crippen LogP contribution >= 0.6 is 11.3 Å². The molecule has 0 aromatic carbocycles. The van der Waals surface area contributed by atoms with E-state index in [1.165, 1.54) is 25.4 Å². The fraction of sp³-hybridized carbons (Fsp3) is 0.500. The van der Waals surface area contributed by atoms with Gasteiger partial charge in [0.25, 0.3) is 0 Å². The molecular formula is C20H27N3O5S. The molecule has 8 nitrogen and oxygen atoms in total. The SMILES string of the molecule is COC(=O)c1c(C)[nH]c(C(=O)[C@@H](C)OC(=O)c2csc(NCCC(C)C)n2)c1C. The number of thiazole rings is 1. The van der Waals surface area contributed by atoms with E-state index in [1.54, 1.807) is 19.2 Å². The Labute approximate surface area is 174 Å². The molecule has 0 bridgehead atoms. The Hall–Kier alpha value is -2.68. The lowest BCUT2D eigenvalue weighted by Gasteiger charge is -2.11. The van der Waals surface area contributed by atoms with Crippen LogP contribution < -0.4 is 5.32 Å². The summed E-state index contributed by atoms with van der Waals surface area (Å²) >= 11 is 1.31. The number of nitrogens with one attached hydrogen (secondary N) is 2. The average Bonchev–Trinajstić information content (AvgIpc) is 3.24. The van der Waals surface area contributed by atoms with Crippen molar-refractivity contribution in [1.82, 2.24) is 9.97 Å². The number of carbonyl (C=O) groups is 3. The number of aryl methyl sites for hydroxylation is 1. The number of anilines is 1. The van der Waals surface area contributed by atoms with Gasteiger partial charge in [0.2, 0.25) is 5.78 Å². The van der Waals surface area contributed by atoms with Crippen molar-refractivity contribution in [3.8, 4) is 0 Å². The van der Waals surface area contributed by atoms with Crippen molar-refractivity contribution in [3.05, 3.63) is 33.6 Å². The first-order chi connectivity index (χ1) is 13.6. The lowest BCUT2D eigenvalue weighted by atomic mass is 10.1. The van der Waals surface area contributed by atoms with Crippen molar-refractivity contribution in [3.63, 3.8) is 0 Å². The van der Waals surface area contributed by atoms with Gasteiger partial charge < -0.3 is 19.8 Å². The van der Waals surface area contributed by atoms with E-state index in [4.69, 9.17) is 9.47 Å². The highest BCUT2D eigenvalue weighted by Gasteiger charge is 2.28. The predicted molar refractivity (Wildman–Crippen MR) is 111 cm³/mol. The predicted octanol–water partition coefficient (Wildman–Crippen LogP) is 3.76. The molecule has 2 rings (SSSR count). The number of carbonyl (C=O) groups excluding carboxylic acids is 3. The summed E-state index contributed by atoms with van der Waals surface area (Å²) in [5.41, 5.74) is 1.67. The molecule has 0 saturated carbocycles. The Balaban J connectivity index is 2.04. The Morgan fingerprint density at radius 1 is 1.21 bits per heavy atom. The largest absolute Gasteiger partial charge is 0.465 e. The highest BCUT2D eigenvalue weighted by molar-refractivity contribution is 7.13. The van der Waals surface area contributed by atoms with E-state index in [0.717, 1.165) is 13.0 Å². The van der Waals surface area contributed by atoms with Crippen LogP contribution in [0.2, 0.25) is 0 Å². The van der Waals surface area contributed by atoms with E-state index in [9.17, 15) is 14.4 Å². The van der Waals surface area contributed by atoms with Crippen LogP contribution in [0.5, 0.6) is 0 Å². The molecular weight excluding hydrogens is 394 g/mol. The van der Waals surface area contributed by atoms with Crippen LogP contribution in [0.3, 0.4) is 0 Å². The number of ether oxygens (including phenoxy) is 2. The lowest BCUT2D eigenvalue weighted by Crippen LogP contribution is -2.25. The van der Waals surface area contributed by atoms with Gasteiger partial charge in [0.15, 0.2) is 16.9 Å². The van der Waals surface area contributed by atoms with Crippen LogP contribution in [0.15, 0.2) is 5.38 Å². The van der Waals surface area contributed by atoms with E-state index < -0.39 is 23.8 Å². The Morgan fingerprint density at radius 3 is 2.52 bits per heavy atom.